The first-order chi connectivity index (χ1) is 9.28. The van der Waals surface area contributed by atoms with Gasteiger partial charge in [0.1, 0.15) is 15.6 Å². The van der Waals surface area contributed by atoms with Crippen molar-refractivity contribution in [3.63, 3.8) is 0 Å². The van der Waals surface area contributed by atoms with Gasteiger partial charge in [0.05, 0.1) is 17.4 Å². The van der Waals surface area contributed by atoms with Crippen molar-refractivity contribution in [3.8, 4) is 5.75 Å². The van der Waals surface area contributed by atoms with Gasteiger partial charge in [0.25, 0.3) is 0 Å². The molecule has 0 amide bonds. The van der Waals surface area contributed by atoms with E-state index >= 15 is 0 Å². The van der Waals surface area contributed by atoms with Crippen molar-refractivity contribution in [1.29, 1.82) is 0 Å². The van der Waals surface area contributed by atoms with Crippen LogP contribution in [0.3, 0.4) is 0 Å². The van der Waals surface area contributed by atoms with Gasteiger partial charge < -0.3 is 9.84 Å². The number of hydrogen-bond donors (Lipinski definition) is 1. The average molecular weight is 319 g/mol. The number of hydrogen-bond acceptors (Lipinski definition) is 4. The molecule has 0 unspecified atom stereocenters. The van der Waals surface area contributed by atoms with E-state index in [1.807, 2.05) is 0 Å². The topological polar surface area (TPSA) is 80.7 Å². The summed E-state index contributed by atoms with van der Waals surface area (Å²) in [6.07, 6.45) is 3.99. The van der Waals surface area contributed by atoms with E-state index in [1.165, 1.54) is 12.3 Å². The molecule has 1 rings (SSSR count). The van der Waals surface area contributed by atoms with E-state index in [0.717, 1.165) is 6.08 Å². The second kappa shape index (κ2) is 7.31. The molecule has 0 atom stereocenters. The highest BCUT2D eigenvalue weighted by molar-refractivity contribution is 7.90. The summed E-state index contributed by atoms with van der Waals surface area (Å²) >= 11 is 5.99. The van der Waals surface area contributed by atoms with E-state index in [4.69, 9.17) is 21.4 Å². The summed E-state index contributed by atoms with van der Waals surface area (Å²) in [5.74, 6) is -0.542. The lowest BCUT2D eigenvalue weighted by molar-refractivity contribution is -0.131. The summed E-state index contributed by atoms with van der Waals surface area (Å²) < 4.78 is 27.3. The van der Waals surface area contributed by atoms with Crippen LogP contribution < -0.4 is 4.74 Å². The van der Waals surface area contributed by atoms with Gasteiger partial charge in [0.15, 0.2) is 0 Å². The molecule has 1 N–H and O–H groups in total. The van der Waals surface area contributed by atoms with Crippen LogP contribution in [0.15, 0.2) is 24.3 Å². The van der Waals surface area contributed by atoms with Crippen molar-refractivity contribution >= 4 is 33.5 Å². The lowest BCUT2D eigenvalue weighted by Gasteiger charge is -2.08. The molecule has 0 aliphatic carbocycles. The van der Waals surface area contributed by atoms with Gasteiger partial charge in [-0.25, -0.2) is 13.2 Å². The molecule has 1 aromatic rings. The van der Waals surface area contributed by atoms with Crippen molar-refractivity contribution in [2.45, 2.75) is 6.42 Å². The van der Waals surface area contributed by atoms with Gasteiger partial charge in [0, 0.05) is 12.3 Å². The van der Waals surface area contributed by atoms with Crippen molar-refractivity contribution in [1.82, 2.24) is 0 Å². The number of sulfone groups is 1. The molecule has 20 heavy (non-hydrogen) atoms. The van der Waals surface area contributed by atoms with Crippen LogP contribution in [0.5, 0.6) is 5.75 Å². The Hall–Kier alpha value is -1.53. The summed E-state index contributed by atoms with van der Waals surface area (Å²) in [6.45, 7) is 0.247. The minimum Gasteiger partial charge on any atom is -0.492 e. The SMILES string of the molecule is CS(=O)(=O)CCCOc1ccc(C=CC(=O)O)cc1Cl. The Morgan fingerprint density at radius 2 is 2.15 bits per heavy atom. The first-order valence-corrected chi connectivity index (χ1v) is 8.23. The minimum atomic E-state index is -2.99. The van der Waals surface area contributed by atoms with Crippen LogP contribution >= 0.6 is 11.6 Å². The van der Waals surface area contributed by atoms with Gasteiger partial charge in [-0.3, -0.25) is 0 Å². The number of carbonyl (C=O) groups is 1. The predicted octanol–water partition coefficient (Wildman–Crippen LogP) is 2.25. The van der Waals surface area contributed by atoms with Gasteiger partial charge in [-0.15, -0.1) is 0 Å². The zero-order valence-corrected chi connectivity index (χ0v) is 12.4. The number of ether oxygens (including phenoxy) is 1. The largest absolute Gasteiger partial charge is 0.492 e. The molecule has 0 saturated heterocycles. The lowest BCUT2D eigenvalue weighted by atomic mass is 10.2. The maximum absolute atomic E-state index is 10.9. The van der Waals surface area contributed by atoms with E-state index < -0.39 is 15.8 Å². The van der Waals surface area contributed by atoms with Gasteiger partial charge in [0.2, 0.25) is 0 Å². The lowest BCUT2D eigenvalue weighted by Crippen LogP contribution is -2.08. The Balaban J connectivity index is 2.58. The quantitative estimate of drug-likeness (QED) is 0.616. The summed E-state index contributed by atoms with van der Waals surface area (Å²) in [5.41, 5.74) is 0.640. The van der Waals surface area contributed by atoms with Crippen LogP contribution in [-0.4, -0.2) is 38.1 Å². The highest BCUT2D eigenvalue weighted by Gasteiger charge is 2.05. The van der Waals surface area contributed by atoms with E-state index in [2.05, 4.69) is 0 Å². The molecule has 7 heteroatoms. The molecule has 0 aliphatic rings. The van der Waals surface area contributed by atoms with E-state index in [-0.39, 0.29) is 12.4 Å². The molecule has 1 aromatic carbocycles. The van der Waals surface area contributed by atoms with Crippen LogP contribution in [-0.2, 0) is 14.6 Å². The van der Waals surface area contributed by atoms with Gasteiger partial charge in [-0.05, 0) is 30.2 Å². The summed E-state index contributed by atoms with van der Waals surface area (Å²) in [4.78, 5) is 10.4. The first-order valence-electron chi connectivity index (χ1n) is 5.79. The second-order valence-electron chi connectivity index (χ2n) is 4.19. The third kappa shape index (κ3) is 6.58. The fraction of sp³-hybridized carbons (Fsp3) is 0.308. The summed E-state index contributed by atoms with van der Waals surface area (Å²) in [5, 5.41) is 8.86. The zero-order chi connectivity index (χ0) is 15.2. The van der Waals surface area contributed by atoms with E-state index in [9.17, 15) is 13.2 Å². The minimum absolute atomic E-state index is 0.0596. The summed E-state index contributed by atoms with van der Waals surface area (Å²) in [7, 11) is -2.99. The van der Waals surface area contributed by atoms with Crippen molar-refractivity contribution in [2.75, 3.05) is 18.6 Å². The predicted molar refractivity (Wildman–Crippen MR) is 77.9 cm³/mol. The molecular formula is C13H15ClO5S. The Bertz CT molecular complexity index is 607. The van der Waals surface area contributed by atoms with Gasteiger partial charge >= 0.3 is 5.97 Å². The Morgan fingerprint density at radius 3 is 2.70 bits per heavy atom. The van der Waals surface area contributed by atoms with Crippen molar-refractivity contribution in [3.05, 3.63) is 34.9 Å². The van der Waals surface area contributed by atoms with Gasteiger partial charge in [-0.1, -0.05) is 17.7 Å². The Kier molecular flexibility index (Phi) is 6.04. The fourth-order valence-corrected chi connectivity index (χ4v) is 2.29. The first kappa shape index (κ1) is 16.5. The van der Waals surface area contributed by atoms with E-state index in [1.54, 1.807) is 18.2 Å². The molecule has 0 saturated carbocycles. The molecule has 5 nitrogen and oxygen atoms in total. The molecule has 0 aliphatic heterocycles. The fourth-order valence-electron chi connectivity index (χ4n) is 1.41. The number of benzene rings is 1. The standard InChI is InChI=1S/C13H15ClO5S/c1-20(17,18)8-2-7-19-12-5-3-10(9-11(12)14)4-6-13(15)16/h3-6,9H,2,7-8H2,1H3,(H,15,16). The molecule has 0 fully saturated rings. The van der Waals surface area contributed by atoms with Gasteiger partial charge in [-0.2, -0.15) is 0 Å². The maximum Gasteiger partial charge on any atom is 0.328 e. The van der Waals surface area contributed by atoms with E-state index in [0.29, 0.717) is 22.8 Å². The molecule has 0 heterocycles. The molecular weight excluding hydrogens is 304 g/mol. The van der Waals surface area contributed by atoms with Crippen molar-refractivity contribution < 1.29 is 23.1 Å². The third-order valence-electron chi connectivity index (χ3n) is 2.29. The Morgan fingerprint density at radius 1 is 1.45 bits per heavy atom. The van der Waals surface area contributed by atoms with Crippen LogP contribution in [0.4, 0.5) is 0 Å². The number of carboxylic acids is 1. The average Bonchev–Trinajstić information content (AvgIpc) is 2.32. The molecule has 0 spiro atoms. The smallest absolute Gasteiger partial charge is 0.328 e. The molecule has 0 radical (unpaired) electrons. The van der Waals surface area contributed by atoms with Crippen LogP contribution in [0, 0.1) is 0 Å². The van der Waals surface area contributed by atoms with Crippen LogP contribution in [0.1, 0.15) is 12.0 Å². The molecule has 0 aromatic heterocycles. The summed E-state index contributed by atoms with van der Waals surface area (Å²) in [6, 6.07) is 4.86. The number of rotatable bonds is 7. The van der Waals surface area contributed by atoms with Crippen LogP contribution in [0.25, 0.3) is 6.08 Å². The number of aliphatic carboxylic acids is 1. The zero-order valence-electron chi connectivity index (χ0n) is 10.9. The molecule has 0 bridgehead atoms. The van der Waals surface area contributed by atoms with Crippen molar-refractivity contribution in [2.24, 2.45) is 0 Å². The Labute approximate surface area is 122 Å². The third-order valence-corrected chi connectivity index (χ3v) is 3.62. The number of halogens is 1. The number of carboxylic acid groups (broad SMARTS) is 1. The highest BCUT2D eigenvalue weighted by atomic mass is 35.5. The highest BCUT2D eigenvalue weighted by Crippen LogP contribution is 2.26. The molecule has 110 valence electrons. The van der Waals surface area contributed by atoms with Crippen LogP contribution in [0.2, 0.25) is 5.02 Å². The normalized spacial score (nSPS) is 11.7. The maximum atomic E-state index is 10.9. The second-order valence-corrected chi connectivity index (χ2v) is 6.86. The monoisotopic (exact) mass is 318 g/mol.